The third kappa shape index (κ3) is 4.56. The van der Waals surface area contributed by atoms with Gasteiger partial charge in [-0.3, -0.25) is 4.79 Å². The maximum atomic E-state index is 12.8. The molecule has 1 aromatic rings. The molecular formula is C22H35N3OS. The van der Waals surface area contributed by atoms with Crippen LogP contribution in [-0.4, -0.2) is 41.0 Å². The summed E-state index contributed by atoms with van der Waals surface area (Å²) in [5, 5.41) is 6.56. The summed E-state index contributed by atoms with van der Waals surface area (Å²) < 4.78 is 0. The Labute approximate surface area is 168 Å². The molecule has 2 heterocycles. The van der Waals surface area contributed by atoms with Crippen LogP contribution < -0.4 is 5.32 Å². The molecule has 1 aromatic heterocycles. The summed E-state index contributed by atoms with van der Waals surface area (Å²) in [6, 6.07) is 0. The third-order valence-corrected chi connectivity index (χ3v) is 7.86. The number of carbonyl (C=O) groups is 1. The lowest BCUT2D eigenvalue weighted by Gasteiger charge is -2.32. The highest BCUT2D eigenvalue weighted by atomic mass is 32.1. The molecule has 4 rings (SSSR count). The highest BCUT2D eigenvalue weighted by Gasteiger charge is 2.50. The lowest BCUT2D eigenvalue weighted by molar-refractivity contribution is 0.0897. The summed E-state index contributed by atoms with van der Waals surface area (Å²) in [5.74, 6) is 2.03. The van der Waals surface area contributed by atoms with Gasteiger partial charge in [-0.2, -0.15) is 0 Å². The van der Waals surface area contributed by atoms with E-state index in [1.165, 1.54) is 56.5 Å². The summed E-state index contributed by atoms with van der Waals surface area (Å²) >= 11 is 1.69. The van der Waals surface area contributed by atoms with Gasteiger partial charge in [0.1, 0.15) is 5.69 Å². The predicted molar refractivity (Wildman–Crippen MR) is 111 cm³/mol. The minimum Gasteiger partial charge on any atom is -0.345 e. The van der Waals surface area contributed by atoms with Gasteiger partial charge >= 0.3 is 0 Å². The SMILES string of the molecule is CC(C)CN1CCC(c2nc(C(=O)NC3(C4CCCCC4)CC3)cs2)CC1. The summed E-state index contributed by atoms with van der Waals surface area (Å²) in [4.78, 5) is 20.2. The normalized spacial score (nSPS) is 24.3. The lowest BCUT2D eigenvalue weighted by Crippen LogP contribution is -2.43. The van der Waals surface area contributed by atoms with Crippen molar-refractivity contribution >= 4 is 17.2 Å². The van der Waals surface area contributed by atoms with Crippen LogP contribution in [0.15, 0.2) is 5.38 Å². The maximum Gasteiger partial charge on any atom is 0.271 e. The van der Waals surface area contributed by atoms with E-state index in [1.54, 1.807) is 11.3 Å². The van der Waals surface area contributed by atoms with Crippen LogP contribution in [0.5, 0.6) is 0 Å². The molecule has 3 fully saturated rings. The fraction of sp³-hybridized carbons (Fsp3) is 0.818. The average Bonchev–Trinajstić information content (AvgIpc) is 3.27. The molecule has 1 amide bonds. The molecule has 0 radical (unpaired) electrons. The second-order valence-electron chi connectivity index (χ2n) is 9.48. The maximum absolute atomic E-state index is 12.8. The Balaban J connectivity index is 1.32. The van der Waals surface area contributed by atoms with Crippen LogP contribution in [0.1, 0.15) is 93.0 Å². The molecule has 0 spiro atoms. The summed E-state index contributed by atoms with van der Waals surface area (Å²) in [7, 11) is 0. The fourth-order valence-corrected chi connectivity index (χ4v) is 6.14. The Morgan fingerprint density at radius 2 is 1.93 bits per heavy atom. The van der Waals surface area contributed by atoms with Crippen LogP contribution in [0, 0.1) is 11.8 Å². The fourth-order valence-electron chi connectivity index (χ4n) is 5.17. The van der Waals surface area contributed by atoms with Crippen molar-refractivity contribution in [2.45, 2.75) is 83.1 Å². The minimum atomic E-state index is 0.0674. The molecule has 2 aliphatic carbocycles. The number of likely N-dealkylation sites (tertiary alicyclic amines) is 1. The zero-order valence-electron chi connectivity index (χ0n) is 17.0. The molecule has 4 nitrogen and oxygen atoms in total. The largest absolute Gasteiger partial charge is 0.345 e. The monoisotopic (exact) mass is 389 g/mol. The molecule has 0 atom stereocenters. The van der Waals surface area contributed by atoms with Gasteiger partial charge in [-0.25, -0.2) is 4.98 Å². The Hall–Kier alpha value is -0.940. The van der Waals surface area contributed by atoms with E-state index < -0.39 is 0 Å². The number of piperidine rings is 1. The number of nitrogens with zero attached hydrogens (tertiary/aromatic N) is 2. The molecule has 5 heteroatoms. The molecule has 0 unspecified atom stereocenters. The van der Waals surface area contributed by atoms with Gasteiger partial charge in [0.05, 0.1) is 5.01 Å². The molecule has 1 saturated heterocycles. The van der Waals surface area contributed by atoms with E-state index in [2.05, 4.69) is 24.1 Å². The molecule has 0 aromatic carbocycles. The number of aromatic nitrogens is 1. The van der Waals surface area contributed by atoms with Crippen molar-refractivity contribution in [1.82, 2.24) is 15.2 Å². The van der Waals surface area contributed by atoms with Crippen molar-refractivity contribution in [3.05, 3.63) is 16.1 Å². The van der Waals surface area contributed by atoms with E-state index in [-0.39, 0.29) is 11.4 Å². The molecule has 3 aliphatic rings. The van der Waals surface area contributed by atoms with Crippen molar-refractivity contribution in [2.24, 2.45) is 11.8 Å². The van der Waals surface area contributed by atoms with Gasteiger partial charge in [-0.1, -0.05) is 33.1 Å². The Kier molecular flexibility index (Phi) is 5.89. The smallest absolute Gasteiger partial charge is 0.271 e. The molecule has 0 bridgehead atoms. The van der Waals surface area contributed by atoms with E-state index in [1.807, 2.05) is 5.38 Å². The van der Waals surface area contributed by atoms with Gasteiger partial charge in [0.25, 0.3) is 5.91 Å². The highest BCUT2D eigenvalue weighted by molar-refractivity contribution is 7.09. The standard InChI is InChI=1S/C22H35N3OS/c1-16(2)14-25-12-8-17(9-13-25)21-23-19(15-27-21)20(26)24-22(10-11-22)18-6-4-3-5-7-18/h15-18H,3-14H2,1-2H3,(H,24,26). The molecule has 2 saturated carbocycles. The van der Waals surface area contributed by atoms with E-state index in [0.29, 0.717) is 17.5 Å². The van der Waals surface area contributed by atoms with E-state index in [9.17, 15) is 4.79 Å². The number of thiazole rings is 1. The van der Waals surface area contributed by atoms with Crippen LogP contribution in [0.4, 0.5) is 0 Å². The van der Waals surface area contributed by atoms with E-state index >= 15 is 0 Å². The average molecular weight is 390 g/mol. The quantitative estimate of drug-likeness (QED) is 0.758. The summed E-state index contributed by atoms with van der Waals surface area (Å²) in [5.41, 5.74) is 0.755. The molecule has 150 valence electrons. The third-order valence-electron chi connectivity index (χ3n) is 6.85. The topological polar surface area (TPSA) is 45.2 Å². The van der Waals surface area contributed by atoms with Gasteiger partial charge in [0.2, 0.25) is 0 Å². The second kappa shape index (κ2) is 8.20. The van der Waals surface area contributed by atoms with Crippen molar-refractivity contribution in [3.8, 4) is 0 Å². The first kappa shape index (κ1) is 19.4. The number of nitrogens with one attached hydrogen (secondary N) is 1. The number of hydrogen-bond donors (Lipinski definition) is 1. The number of carbonyl (C=O) groups excluding carboxylic acids is 1. The minimum absolute atomic E-state index is 0.0674. The molecular weight excluding hydrogens is 354 g/mol. The summed E-state index contributed by atoms with van der Waals surface area (Å²) in [6.07, 6.45) is 11.3. The number of hydrogen-bond acceptors (Lipinski definition) is 4. The number of amides is 1. The van der Waals surface area contributed by atoms with Crippen LogP contribution in [0.2, 0.25) is 0 Å². The van der Waals surface area contributed by atoms with Crippen molar-refractivity contribution in [3.63, 3.8) is 0 Å². The Bertz CT molecular complexity index is 638. The second-order valence-corrected chi connectivity index (χ2v) is 10.4. The first-order valence-electron chi connectivity index (χ1n) is 11.1. The first-order valence-corrected chi connectivity index (χ1v) is 11.9. The van der Waals surface area contributed by atoms with Gasteiger partial charge in [0, 0.05) is 23.4 Å². The van der Waals surface area contributed by atoms with Crippen LogP contribution >= 0.6 is 11.3 Å². The van der Waals surface area contributed by atoms with E-state index in [4.69, 9.17) is 4.98 Å². The zero-order valence-corrected chi connectivity index (χ0v) is 17.8. The molecule has 1 N–H and O–H groups in total. The van der Waals surface area contributed by atoms with Crippen LogP contribution in [0.25, 0.3) is 0 Å². The van der Waals surface area contributed by atoms with Gasteiger partial charge in [-0.15, -0.1) is 11.3 Å². The van der Waals surface area contributed by atoms with Crippen molar-refractivity contribution in [1.29, 1.82) is 0 Å². The predicted octanol–water partition coefficient (Wildman–Crippen LogP) is 4.82. The van der Waals surface area contributed by atoms with Gasteiger partial charge < -0.3 is 10.2 Å². The Morgan fingerprint density at radius 3 is 2.56 bits per heavy atom. The van der Waals surface area contributed by atoms with Gasteiger partial charge in [0.15, 0.2) is 0 Å². The molecule has 1 aliphatic heterocycles. The first-order chi connectivity index (χ1) is 13.1. The lowest BCUT2D eigenvalue weighted by atomic mass is 9.82. The van der Waals surface area contributed by atoms with Gasteiger partial charge in [-0.05, 0) is 63.5 Å². The van der Waals surface area contributed by atoms with Crippen LogP contribution in [-0.2, 0) is 0 Å². The van der Waals surface area contributed by atoms with Crippen LogP contribution in [0.3, 0.4) is 0 Å². The Morgan fingerprint density at radius 1 is 1.22 bits per heavy atom. The summed E-state index contributed by atoms with van der Waals surface area (Å²) in [6.45, 7) is 8.10. The van der Waals surface area contributed by atoms with Crippen molar-refractivity contribution < 1.29 is 4.79 Å². The molecule has 27 heavy (non-hydrogen) atoms. The number of rotatable bonds is 6. The zero-order chi connectivity index (χ0) is 18.9. The van der Waals surface area contributed by atoms with E-state index in [0.717, 1.165) is 31.8 Å². The van der Waals surface area contributed by atoms with Crippen molar-refractivity contribution in [2.75, 3.05) is 19.6 Å². The highest BCUT2D eigenvalue weighted by Crippen LogP contribution is 2.48.